The van der Waals surface area contributed by atoms with Crippen molar-refractivity contribution in [2.45, 2.75) is 39.0 Å². The monoisotopic (exact) mass is 528 g/mol. The number of thiazole rings is 1. The van der Waals surface area contributed by atoms with Crippen LogP contribution in [0, 0.1) is 6.92 Å². The van der Waals surface area contributed by atoms with Crippen molar-refractivity contribution in [1.29, 1.82) is 0 Å². The van der Waals surface area contributed by atoms with Crippen molar-refractivity contribution in [1.82, 2.24) is 24.6 Å². The Morgan fingerprint density at radius 1 is 1.11 bits per heavy atom. The summed E-state index contributed by atoms with van der Waals surface area (Å²) in [5.41, 5.74) is 7.37. The molecule has 9 nitrogen and oxygen atoms in total. The molecule has 2 amide bonds. The lowest BCUT2D eigenvalue weighted by molar-refractivity contribution is 0.0724. The number of benzene rings is 1. The lowest BCUT2D eigenvalue weighted by Crippen LogP contribution is -2.35. The van der Waals surface area contributed by atoms with E-state index in [1.165, 1.54) is 24.9 Å². The predicted octanol–water partition coefficient (Wildman–Crippen LogP) is 5.27. The Morgan fingerprint density at radius 2 is 1.95 bits per heavy atom. The highest BCUT2D eigenvalue weighted by molar-refractivity contribution is 7.19. The van der Waals surface area contributed by atoms with Crippen LogP contribution in [-0.2, 0) is 17.6 Å². The number of ether oxygens (including phenoxy) is 1. The van der Waals surface area contributed by atoms with Crippen LogP contribution in [0.15, 0.2) is 42.7 Å². The van der Waals surface area contributed by atoms with Crippen LogP contribution in [0.3, 0.4) is 0 Å². The molecular weight excluding hydrogens is 500 g/mol. The van der Waals surface area contributed by atoms with Gasteiger partial charge in [0.15, 0.2) is 5.13 Å². The van der Waals surface area contributed by atoms with Crippen molar-refractivity contribution in [2.24, 2.45) is 0 Å². The predicted molar refractivity (Wildman–Crippen MR) is 146 cm³/mol. The number of carbonyl (C=O) groups is 2. The number of amides is 2. The van der Waals surface area contributed by atoms with Gasteiger partial charge in [-0.3, -0.25) is 15.1 Å². The maximum Gasteiger partial charge on any atom is 0.413 e. The molecule has 6 rings (SSSR count). The Kier molecular flexibility index (Phi) is 6.40. The number of anilines is 1. The normalized spacial score (nSPS) is 14.5. The van der Waals surface area contributed by atoms with Crippen LogP contribution < -0.4 is 5.32 Å². The first kappa shape index (κ1) is 24.3. The standard InChI is InChI=1S/C28H28N6O3S/c1-17-15-18(26(35)33-13-4-3-5-14-33)8-11-22(17)34-24-20(23(32-34)19-7-6-12-29-16-19)9-10-21-25(24)38-27(30-21)31-28(36)37-2/h6-8,11-12,15-16H,3-5,9-10,13-14H2,1-2H3,(H,30,31,36). The van der Waals surface area contributed by atoms with Gasteiger partial charge in [-0.25, -0.2) is 14.5 Å². The molecule has 1 N–H and O–H groups in total. The maximum absolute atomic E-state index is 13.1. The van der Waals surface area contributed by atoms with E-state index < -0.39 is 6.09 Å². The Hall–Kier alpha value is -4.05. The van der Waals surface area contributed by atoms with E-state index in [0.29, 0.717) is 10.7 Å². The summed E-state index contributed by atoms with van der Waals surface area (Å²) in [6.07, 6.45) is 7.83. The maximum atomic E-state index is 13.1. The molecule has 194 valence electrons. The fraction of sp³-hybridized carbons (Fsp3) is 0.321. The summed E-state index contributed by atoms with van der Waals surface area (Å²) in [6, 6.07) is 9.77. The lowest BCUT2D eigenvalue weighted by Gasteiger charge is -2.27. The smallest absolute Gasteiger partial charge is 0.413 e. The fourth-order valence-corrected chi connectivity index (χ4v) is 6.33. The first-order valence-electron chi connectivity index (χ1n) is 12.8. The van der Waals surface area contributed by atoms with Crippen molar-refractivity contribution in [3.8, 4) is 27.5 Å². The third-order valence-corrected chi connectivity index (χ3v) is 8.17. The van der Waals surface area contributed by atoms with Crippen LogP contribution in [0.1, 0.15) is 46.4 Å². The molecule has 0 bridgehead atoms. The average Bonchev–Trinajstić information content (AvgIpc) is 3.54. The molecule has 2 aliphatic rings. The van der Waals surface area contributed by atoms with Gasteiger partial charge < -0.3 is 9.64 Å². The van der Waals surface area contributed by atoms with E-state index in [4.69, 9.17) is 9.84 Å². The summed E-state index contributed by atoms with van der Waals surface area (Å²) in [5, 5.41) is 8.29. The summed E-state index contributed by atoms with van der Waals surface area (Å²) in [7, 11) is 1.33. The second-order valence-corrected chi connectivity index (χ2v) is 10.6. The second-order valence-electron chi connectivity index (χ2n) is 9.59. The molecule has 0 radical (unpaired) electrons. The first-order valence-corrected chi connectivity index (χ1v) is 13.6. The van der Waals surface area contributed by atoms with Gasteiger partial charge in [-0.2, -0.15) is 5.10 Å². The minimum Gasteiger partial charge on any atom is -0.453 e. The van der Waals surface area contributed by atoms with Crippen molar-refractivity contribution in [3.05, 3.63) is 65.1 Å². The molecule has 1 aliphatic heterocycles. The number of likely N-dealkylation sites (tertiary alicyclic amines) is 1. The third-order valence-electron chi connectivity index (χ3n) is 7.15. The van der Waals surface area contributed by atoms with Gasteiger partial charge in [-0.15, -0.1) is 0 Å². The van der Waals surface area contributed by atoms with E-state index in [9.17, 15) is 9.59 Å². The molecule has 10 heteroatoms. The molecule has 3 aromatic heterocycles. The van der Waals surface area contributed by atoms with Gasteiger partial charge in [0.25, 0.3) is 5.91 Å². The molecule has 0 unspecified atom stereocenters. The van der Waals surface area contributed by atoms with Gasteiger partial charge in [0.05, 0.1) is 34.8 Å². The number of nitrogens with one attached hydrogen (secondary N) is 1. The van der Waals surface area contributed by atoms with Crippen LogP contribution in [0.5, 0.6) is 0 Å². The molecular formula is C28H28N6O3S. The Morgan fingerprint density at radius 3 is 2.68 bits per heavy atom. The molecule has 4 heterocycles. The minimum atomic E-state index is -0.550. The number of aromatic nitrogens is 4. The van der Waals surface area contributed by atoms with Gasteiger partial charge in [0, 0.05) is 42.2 Å². The van der Waals surface area contributed by atoms with Crippen molar-refractivity contribution in [3.63, 3.8) is 0 Å². The number of pyridine rings is 1. The SMILES string of the molecule is COC(=O)Nc1nc2c(s1)-c1c(c(-c3cccnc3)nn1-c1ccc(C(=O)N3CCCCC3)cc1C)CC2. The van der Waals surface area contributed by atoms with Gasteiger partial charge in [-0.05, 0) is 74.9 Å². The number of nitrogens with zero attached hydrogens (tertiary/aromatic N) is 5. The van der Waals surface area contributed by atoms with Gasteiger partial charge in [0.2, 0.25) is 0 Å². The van der Waals surface area contributed by atoms with E-state index >= 15 is 0 Å². The molecule has 0 atom stereocenters. The molecule has 1 saturated heterocycles. The highest BCUT2D eigenvalue weighted by Crippen LogP contribution is 2.44. The molecule has 0 spiro atoms. The van der Waals surface area contributed by atoms with Crippen molar-refractivity contribution >= 4 is 28.5 Å². The molecule has 0 saturated carbocycles. The van der Waals surface area contributed by atoms with Crippen molar-refractivity contribution in [2.75, 3.05) is 25.5 Å². The summed E-state index contributed by atoms with van der Waals surface area (Å²) in [5.74, 6) is 0.0844. The third kappa shape index (κ3) is 4.34. The Bertz CT molecular complexity index is 1520. The largest absolute Gasteiger partial charge is 0.453 e. The summed E-state index contributed by atoms with van der Waals surface area (Å²) in [4.78, 5) is 36.9. The van der Waals surface area contributed by atoms with E-state index in [0.717, 1.165) is 83.1 Å². The highest BCUT2D eigenvalue weighted by atomic mass is 32.1. The van der Waals surface area contributed by atoms with E-state index in [-0.39, 0.29) is 5.91 Å². The van der Waals surface area contributed by atoms with Crippen LogP contribution in [0.25, 0.3) is 27.5 Å². The fourth-order valence-electron chi connectivity index (χ4n) is 5.28. The number of fused-ring (bicyclic) bond motifs is 3. The van der Waals surface area contributed by atoms with Crippen LogP contribution in [0.2, 0.25) is 0 Å². The second kappa shape index (κ2) is 10.0. The van der Waals surface area contributed by atoms with Crippen LogP contribution >= 0.6 is 11.3 Å². The number of aryl methyl sites for hydroxylation is 2. The number of rotatable bonds is 4. The van der Waals surface area contributed by atoms with Gasteiger partial charge in [0.1, 0.15) is 0 Å². The molecule has 1 aliphatic carbocycles. The zero-order valence-electron chi connectivity index (χ0n) is 21.4. The van der Waals surface area contributed by atoms with Crippen LogP contribution in [0.4, 0.5) is 9.93 Å². The molecule has 1 aromatic carbocycles. The summed E-state index contributed by atoms with van der Waals surface area (Å²) >= 11 is 1.41. The highest BCUT2D eigenvalue weighted by Gasteiger charge is 2.31. The number of methoxy groups -OCH3 is 1. The average molecular weight is 529 g/mol. The van der Waals surface area contributed by atoms with Gasteiger partial charge in [-0.1, -0.05) is 11.3 Å². The molecule has 4 aromatic rings. The molecule has 1 fully saturated rings. The lowest BCUT2D eigenvalue weighted by atomic mass is 9.95. The Balaban J connectivity index is 1.46. The van der Waals surface area contributed by atoms with Gasteiger partial charge >= 0.3 is 6.09 Å². The Labute approximate surface area is 224 Å². The number of carbonyl (C=O) groups excluding carboxylic acids is 2. The number of hydrogen-bond donors (Lipinski definition) is 1. The van der Waals surface area contributed by atoms with E-state index in [2.05, 4.69) is 15.3 Å². The first-order chi connectivity index (χ1) is 18.5. The van der Waals surface area contributed by atoms with Crippen LogP contribution in [-0.4, -0.2) is 56.8 Å². The zero-order valence-corrected chi connectivity index (χ0v) is 22.2. The topological polar surface area (TPSA) is 102 Å². The van der Waals surface area contributed by atoms with Crippen molar-refractivity contribution < 1.29 is 14.3 Å². The summed E-state index contributed by atoms with van der Waals surface area (Å²) < 4.78 is 6.72. The minimum absolute atomic E-state index is 0.0844. The quantitative estimate of drug-likeness (QED) is 0.387. The summed E-state index contributed by atoms with van der Waals surface area (Å²) in [6.45, 7) is 3.65. The number of piperidine rings is 1. The van der Waals surface area contributed by atoms with E-state index in [1.54, 1.807) is 6.20 Å². The molecule has 38 heavy (non-hydrogen) atoms. The van der Waals surface area contributed by atoms with E-state index in [1.807, 2.05) is 53.0 Å². The zero-order chi connectivity index (χ0) is 26.2. The number of hydrogen-bond acceptors (Lipinski definition) is 7.